The molecule has 1 saturated heterocycles. The number of hydrogen-bond donors (Lipinski definition) is 2. The topological polar surface area (TPSA) is 52.6 Å². The molecule has 0 radical (unpaired) electrons. The fourth-order valence-corrected chi connectivity index (χ4v) is 1.94. The van der Waals surface area contributed by atoms with Crippen molar-refractivity contribution in [1.82, 2.24) is 10.2 Å². The molecule has 1 atom stereocenters. The summed E-state index contributed by atoms with van der Waals surface area (Å²) in [6.07, 6.45) is 2.34. The number of carboxylic acid groups (broad SMARTS) is 1. The summed E-state index contributed by atoms with van der Waals surface area (Å²) in [7, 11) is 1.94. The van der Waals surface area contributed by atoms with Gasteiger partial charge in [-0.15, -0.1) is 0 Å². The van der Waals surface area contributed by atoms with Crippen molar-refractivity contribution in [2.45, 2.75) is 12.8 Å². The Hall–Kier alpha value is -0.610. The van der Waals surface area contributed by atoms with Crippen LogP contribution in [0.2, 0.25) is 0 Å². The molecule has 0 amide bonds. The third-order valence-corrected chi connectivity index (χ3v) is 2.45. The number of nitrogens with zero attached hydrogens (tertiary/aromatic N) is 1. The summed E-state index contributed by atoms with van der Waals surface area (Å²) >= 11 is 0. The molecule has 0 bridgehead atoms. The largest absolute Gasteiger partial charge is 0.480 e. The van der Waals surface area contributed by atoms with Gasteiger partial charge in [-0.3, -0.25) is 9.69 Å². The first-order valence-corrected chi connectivity index (χ1v) is 4.81. The number of aliphatic carboxylic acids is 1. The van der Waals surface area contributed by atoms with Crippen LogP contribution in [0.3, 0.4) is 0 Å². The molecule has 1 heterocycles. The summed E-state index contributed by atoms with van der Waals surface area (Å²) in [5.74, 6) is -0.0943. The van der Waals surface area contributed by atoms with Gasteiger partial charge in [0.2, 0.25) is 0 Å². The summed E-state index contributed by atoms with van der Waals surface area (Å²) in [4.78, 5) is 12.5. The van der Waals surface area contributed by atoms with E-state index in [1.807, 2.05) is 11.9 Å². The molecule has 0 saturated carbocycles. The van der Waals surface area contributed by atoms with E-state index in [0.29, 0.717) is 5.92 Å². The van der Waals surface area contributed by atoms with Crippen molar-refractivity contribution in [2.24, 2.45) is 5.92 Å². The zero-order chi connectivity index (χ0) is 9.68. The van der Waals surface area contributed by atoms with Gasteiger partial charge in [0.25, 0.3) is 0 Å². The summed E-state index contributed by atoms with van der Waals surface area (Å²) in [5.41, 5.74) is 0. The zero-order valence-electron chi connectivity index (χ0n) is 8.12. The molecule has 13 heavy (non-hydrogen) atoms. The third kappa shape index (κ3) is 3.74. The minimum atomic E-state index is -0.717. The van der Waals surface area contributed by atoms with Crippen LogP contribution in [0.4, 0.5) is 0 Å². The highest BCUT2D eigenvalue weighted by molar-refractivity contribution is 5.69. The van der Waals surface area contributed by atoms with Crippen LogP contribution in [0.5, 0.6) is 0 Å². The van der Waals surface area contributed by atoms with Crippen LogP contribution in [0.1, 0.15) is 12.8 Å². The fraction of sp³-hybridized carbons (Fsp3) is 0.889. The van der Waals surface area contributed by atoms with E-state index < -0.39 is 5.97 Å². The molecular weight excluding hydrogens is 168 g/mol. The molecule has 0 aromatic rings. The standard InChI is InChI=1S/C9H18N2O2/c1-10-5-8-3-2-4-11(6-8)7-9(12)13/h8,10H,2-7H2,1H3,(H,12,13). The van der Waals surface area contributed by atoms with Crippen molar-refractivity contribution in [3.63, 3.8) is 0 Å². The summed E-state index contributed by atoms with van der Waals surface area (Å²) in [6.45, 7) is 3.05. The van der Waals surface area contributed by atoms with E-state index in [4.69, 9.17) is 5.11 Å². The molecule has 1 aliphatic heterocycles. The van der Waals surface area contributed by atoms with E-state index in [-0.39, 0.29) is 6.54 Å². The Balaban J connectivity index is 2.28. The van der Waals surface area contributed by atoms with Crippen molar-refractivity contribution in [3.05, 3.63) is 0 Å². The van der Waals surface area contributed by atoms with Gasteiger partial charge in [-0.1, -0.05) is 0 Å². The molecule has 0 aliphatic carbocycles. The van der Waals surface area contributed by atoms with E-state index in [0.717, 1.165) is 26.1 Å². The summed E-state index contributed by atoms with van der Waals surface area (Å²) in [5, 5.41) is 11.8. The van der Waals surface area contributed by atoms with E-state index in [2.05, 4.69) is 5.32 Å². The number of carboxylic acids is 1. The van der Waals surface area contributed by atoms with Gasteiger partial charge in [0.15, 0.2) is 0 Å². The van der Waals surface area contributed by atoms with Crippen LogP contribution in [0, 0.1) is 5.92 Å². The molecule has 2 N–H and O–H groups in total. The second kappa shape index (κ2) is 5.19. The molecule has 76 valence electrons. The first-order valence-electron chi connectivity index (χ1n) is 4.81. The van der Waals surface area contributed by atoms with Crippen molar-refractivity contribution in [3.8, 4) is 0 Å². The molecule has 1 fully saturated rings. The van der Waals surface area contributed by atoms with Gasteiger partial charge < -0.3 is 10.4 Å². The van der Waals surface area contributed by atoms with Crippen molar-refractivity contribution < 1.29 is 9.90 Å². The Bertz CT molecular complexity index is 171. The van der Waals surface area contributed by atoms with Gasteiger partial charge >= 0.3 is 5.97 Å². The highest BCUT2D eigenvalue weighted by Crippen LogP contribution is 2.14. The number of nitrogens with one attached hydrogen (secondary N) is 1. The van der Waals surface area contributed by atoms with E-state index >= 15 is 0 Å². The Morgan fingerprint density at radius 3 is 3.08 bits per heavy atom. The Morgan fingerprint density at radius 2 is 2.46 bits per heavy atom. The molecule has 1 rings (SSSR count). The number of hydrogen-bond acceptors (Lipinski definition) is 3. The van der Waals surface area contributed by atoms with Gasteiger partial charge in [0.05, 0.1) is 6.54 Å². The normalized spacial score (nSPS) is 24.5. The molecule has 4 nitrogen and oxygen atoms in total. The molecule has 1 aliphatic rings. The Kier molecular flexibility index (Phi) is 4.18. The lowest BCUT2D eigenvalue weighted by Crippen LogP contribution is -2.41. The van der Waals surface area contributed by atoms with Crippen LogP contribution >= 0.6 is 0 Å². The monoisotopic (exact) mass is 186 g/mol. The molecule has 0 aromatic carbocycles. The lowest BCUT2D eigenvalue weighted by atomic mass is 9.98. The van der Waals surface area contributed by atoms with Gasteiger partial charge in [0.1, 0.15) is 0 Å². The van der Waals surface area contributed by atoms with Crippen LogP contribution in [0.15, 0.2) is 0 Å². The Labute approximate surface area is 78.9 Å². The number of likely N-dealkylation sites (tertiary alicyclic amines) is 1. The van der Waals surface area contributed by atoms with Crippen molar-refractivity contribution >= 4 is 5.97 Å². The number of rotatable bonds is 4. The van der Waals surface area contributed by atoms with E-state index in [1.165, 1.54) is 6.42 Å². The summed E-state index contributed by atoms with van der Waals surface area (Å²) < 4.78 is 0. The molecule has 0 spiro atoms. The number of piperidine rings is 1. The minimum absolute atomic E-state index is 0.195. The molecule has 0 aromatic heterocycles. The summed E-state index contributed by atoms with van der Waals surface area (Å²) in [6, 6.07) is 0. The van der Waals surface area contributed by atoms with Crippen molar-refractivity contribution in [1.29, 1.82) is 0 Å². The molecule has 4 heteroatoms. The number of carbonyl (C=O) groups is 1. The van der Waals surface area contributed by atoms with Gasteiger partial charge in [-0.05, 0) is 38.9 Å². The fourth-order valence-electron chi connectivity index (χ4n) is 1.94. The quantitative estimate of drug-likeness (QED) is 0.649. The van der Waals surface area contributed by atoms with Crippen LogP contribution in [-0.4, -0.2) is 49.2 Å². The van der Waals surface area contributed by atoms with E-state index in [9.17, 15) is 4.79 Å². The Morgan fingerprint density at radius 1 is 1.69 bits per heavy atom. The van der Waals surface area contributed by atoms with Crippen LogP contribution in [-0.2, 0) is 4.79 Å². The van der Waals surface area contributed by atoms with Gasteiger partial charge in [-0.25, -0.2) is 0 Å². The lowest BCUT2D eigenvalue weighted by molar-refractivity contribution is -0.138. The van der Waals surface area contributed by atoms with Gasteiger partial charge in [0, 0.05) is 6.54 Å². The second-order valence-corrected chi connectivity index (χ2v) is 3.69. The SMILES string of the molecule is CNCC1CCCN(CC(=O)O)C1. The predicted molar refractivity (Wildman–Crippen MR) is 50.7 cm³/mol. The highest BCUT2D eigenvalue weighted by atomic mass is 16.4. The first-order chi connectivity index (χ1) is 6.22. The van der Waals surface area contributed by atoms with Crippen LogP contribution < -0.4 is 5.32 Å². The maximum Gasteiger partial charge on any atom is 0.317 e. The van der Waals surface area contributed by atoms with Crippen molar-refractivity contribution in [2.75, 3.05) is 33.2 Å². The maximum absolute atomic E-state index is 10.5. The maximum atomic E-state index is 10.5. The van der Waals surface area contributed by atoms with Crippen LogP contribution in [0.25, 0.3) is 0 Å². The van der Waals surface area contributed by atoms with E-state index in [1.54, 1.807) is 0 Å². The highest BCUT2D eigenvalue weighted by Gasteiger charge is 2.20. The average molecular weight is 186 g/mol. The molecular formula is C9H18N2O2. The third-order valence-electron chi connectivity index (χ3n) is 2.45. The minimum Gasteiger partial charge on any atom is -0.480 e. The lowest BCUT2D eigenvalue weighted by Gasteiger charge is -2.31. The average Bonchev–Trinajstić information content (AvgIpc) is 2.04. The first kappa shape index (κ1) is 10.5. The smallest absolute Gasteiger partial charge is 0.317 e. The van der Waals surface area contributed by atoms with Gasteiger partial charge in [-0.2, -0.15) is 0 Å². The second-order valence-electron chi connectivity index (χ2n) is 3.69. The predicted octanol–water partition coefficient (Wildman–Crippen LogP) is 0.00240. The zero-order valence-corrected chi connectivity index (χ0v) is 8.12. The molecule has 1 unspecified atom stereocenters.